The molecule has 0 saturated carbocycles. The van der Waals surface area contributed by atoms with E-state index >= 15 is 0 Å². The van der Waals surface area contributed by atoms with Gasteiger partial charge in [0.05, 0.1) is 19.1 Å². The number of hydrogen-bond acceptors (Lipinski definition) is 5. The van der Waals surface area contributed by atoms with Crippen molar-refractivity contribution in [2.24, 2.45) is 0 Å². The van der Waals surface area contributed by atoms with Crippen LogP contribution in [0.25, 0.3) is 0 Å². The summed E-state index contributed by atoms with van der Waals surface area (Å²) in [5, 5.41) is 10.5. The number of amides is 4. The van der Waals surface area contributed by atoms with Gasteiger partial charge in [-0.3, -0.25) is 14.5 Å². The lowest BCUT2D eigenvalue weighted by molar-refractivity contribution is -0.305. The van der Waals surface area contributed by atoms with E-state index in [0.717, 1.165) is 16.9 Å². The van der Waals surface area contributed by atoms with E-state index in [4.69, 9.17) is 0 Å². The second kappa shape index (κ2) is 5.74. The summed E-state index contributed by atoms with van der Waals surface area (Å²) in [6.45, 7) is 1.00. The fraction of sp³-hybridized carbons (Fsp3) is 0.286. The molecule has 1 aliphatic rings. The van der Waals surface area contributed by atoms with Gasteiger partial charge in [-0.2, -0.15) is 0 Å². The van der Waals surface area contributed by atoms with Crippen LogP contribution < -0.4 is 5.11 Å². The summed E-state index contributed by atoms with van der Waals surface area (Å²) in [4.78, 5) is 46.8. The van der Waals surface area contributed by atoms with Crippen LogP contribution in [0.3, 0.4) is 0 Å². The van der Waals surface area contributed by atoms with Gasteiger partial charge in [0.1, 0.15) is 0 Å². The highest BCUT2D eigenvalue weighted by Crippen LogP contribution is 2.16. The zero-order valence-electron chi connectivity index (χ0n) is 11.4. The van der Waals surface area contributed by atoms with Crippen LogP contribution in [0.4, 0.5) is 4.79 Å². The van der Waals surface area contributed by atoms with Crippen molar-refractivity contribution < 1.29 is 24.3 Å². The van der Waals surface area contributed by atoms with Crippen molar-refractivity contribution >= 4 is 23.8 Å². The highest BCUT2D eigenvalue weighted by atomic mass is 16.4. The maximum absolute atomic E-state index is 11.9. The first-order chi connectivity index (χ1) is 9.93. The Morgan fingerprint density at radius 3 is 2.05 bits per heavy atom. The number of nitrogens with zero attached hydrogens (tertiary/aromatic N) is 2. The Balaban J connectivity index is 2.15. The van der Waals surface area contributed by atoms with Crippen molar-refractivity contribution in [1.82, 2.24) is 9.80 Å². The molecule has 7 nitrogen and oxygen atoms in total. The molecule has 1 aromatic rings. The van der Waals surface area contributed by atoms with Crippen molar-refractivity contribution in [3.05, 3.63) is 35.4 Å². The molecule has 0 aliphatic carbocycles. The van der Waals surface area contributed by atoms with E-state index in [2.05, 4.69) is 0 Å². The Bertz CT molecular complexity index is 608. The van der Waals surface area contributed by atoms with Crippen LogP contribution in [0, 0.1) is 0 Å². The highest BCUT2D eigenvalue weighted by molar-refractivity contribution is 6.44. The molecule has 1 heterocycles. The van der Waals surface area contributed by atoms with Gasteiger partial charge in [-0.1, -0.05) is 31.2 Å². The Morgan fingerprint density at radius 1 is 1.00 bits per heavy atom. The van der Waals surface area contributed by atoms with E-state index in [1.54, 1.807) is 12.1 Å². The van der Waals surface area contributed by atoms with E-state index in [1.807, 2.05) is 19.1 Å². The Kier molecular flexibility index (Phi) is 4.02. The van der Waals surface area contributed by atoms with Crippen LogP contribution >= 0.6 is 0 Å². The van der Waals surface area contributed by atoms with Crippen LogP contribution in [0.15, 0.2) is 24.3 Å². The molecule has 7 heteroatoms. The van der Waals surface area contributed by atoms with Crippen molar-refractivity contribution in [3.8, 4) is 0 Å². The zero-order valence-corrected chi connectivity index (χ0v) is 11.4. The minimum Gasteiger partial charge on any atom is -0.548 e. The lowest BCUT2D eigenvalue weighted by Gasteiger charge is -2.15. The molecule has 0 N–H and O–H groups in total. The first-order valence-electron chi connectivity index (χ1n) is 6.39. The van der Waals surface area contributed by atoms with Gasteiger partial charge >= 0.3 is 17.8 Å². The smallest absolute Gasteiger partial charge is 0.334 e. The summed E-state index contributed by atoms with van der Waals surface area (Å²) < 4.78 is 0. The van der Waals surface area contributed by atoms with Crippen LogP contribution in [-0.4, -0.2) is 40.2 Å². The molecule has 1 aromatic carbocycles. The number of carbonyl (C=O) groups excluding carboxylic acids is 4. The second-order valence-electron chi connectivity index (χ2n) is 4.61. The van der Waals surface area contributed by atoms with Gasteiger partial charge in [0.25, 0.3) is 0 Å². The van der Waals surface area contributed by atoms with Gasteiger partial charge in [0, 0.05) is 0 Å². The molecule has 0 bridgehead atoms. The third-order valence-corrected chi connectivity index (χ3v) is 3.19. The average molecular weight is 289 g/mol. The lowest BCUT2D eigenvalue weighted by atomic mass is 10.1. The topological polar surface area (TPSA) is 97.8 Å². The summed E-state index contributed by atoms with van der Waals surface area (Å²) in [5.41, 5.74) is 1.78. The molecule has 1 saturated heterocycles. The minimum absolute atomic E-state index is 0.0725. The van der Waals surface area contributed by atoms with Crippen molar-refractivity contribution in [2.75, 3.05) is 6.54 Å². The van der Waals surface area contributed by atoms with E-state index < -0.39 is 30.4 Å². The molecule has 1 aliphatic heterocycles. The second-order valence-corrected chi connectivity index (χ2v) is 4.61. The SMILES string of the molecule is CCc1ccc(CN2C(=O)C(=O)N(CC(=O)[O-])C2=O)cc1. The quantitative estimate of drug-likeness (QED) is 0.527. The molecule has 4 amide bonds. The van der Waals surface area contributed by atoms with Crippen LogP contribution in [0.2, 0.25) is 0 Å². The van der Waals surface area contributed by atoms with Crippen LogP contribution in [-0.2, 0) is 27.3 Å². The number of carboxylic acid groups (broad SMARTS) is 1. The number of benzene rings is 1. The predicted molar refractivity (Wildman–Crippen MR) is 68.5 cm³/mol. The lowest BCUT2D eigenvalue weighted by Crippen LogP contribution is -2.42. The molecule has 110 valence electrons. The van der Waals surface area contributed by atoms with Gasteiger partial charge < -0.3 is 9.90 Å². The molecule has 0 spiro atoms. The van der Waals surface area contributed by atoms with E-state index in [9.17, 15) is 24.3 Å². The molecule has 21 heavy (non-hydrogen) atoms. The van der Waals surface area contributed by atoms with Crippen LogP contribution in [0.5, 0.6) is 0 Å². The first-order valence-corrected chi connectivity index (χ1v) is 6.39. The molecule has 1 fully saturated rings. The summed E-state index contributed by atoms with van der Waals surface area (Å²) in [6, 6.07) is 6.30. The molecule has 2 rings (SSSR count). The van der Waals surface area contributed by atoms with Crippen molar-refractivity contribution in [2.45, 2.75) is 19.9 Å². The van der Waals surface area contributed by atoms with Crippen molar-refractivity contribution in [3.63, 3.8) is 0 Å². The fourth-order valence-electron chi connectivity index (χ4n) is 2.02. The molecule has 0 atom stereocenters. The minimum atomic E-state index is -1.60. The van der Waals surface area contributed by atoms with Crippen LogP contribution in [0.1, 0.15) is 18.1 Å². The van der Waals surface area contributed by atoms with Gasteiger partial charge in [-0.25, -0.2) is 9.69 Å². The number of aryl methyl sites for hydroxylation is 1. The standard InChI is InChI=1S/C14H14N2O5/c1-2-9-3-5-10(6-4-9)7-15-12(19)13(20)16(14(15)21)8-11(17)18/h3-6H,2,7-8H2,1H3,(H,17,18)/p-1. The Morgan fingerprint density at radius 2 is 1.52 bits per heavy atom. The zero-order chi connectivity index (χ0) is 15.6. The number of aliphatic carboxylic acids is 1. The average Bonchev–Trinajstić information content (AvgIpc) is 2.65. The number of imide groups is 2. The third-order valence-electron chi connectivity index (χ3n) is 3.19. The fourth-order valence-corrected chi connectivity index (χ4v) is 2.02. The maximum Gasteiger partial charge on any atom is 0.334 e. The molecular formula is C14H13N2O5-. The molecular weight excluding hydrogens is 276 g/mol. The van der Waals surface area contributed by atoms with Crippen molar-refractivity contribution in [1.29, 1.82) is 0 Å². The van der Waals surface area contributed by atoms with Gasteiger partial charge in [0.2, 0.25) is 0 Å². The third kappa shape index (κ3) is 2.91. The first kappa shape index (κ1) is 14.7. The largest absolute Gasteiger partial charge is 0.548 e. The van der Waals surface area contributed by atoms with E-state index in [1.165, 1.54) is 0 Å². The van der Waals surface area contributed by atoms with E-state index in [0.29, 0.717) is 10.5 Å². The summed E-state index contributed by atoms with van der Waals surface area (Å²) >= 11 is 0. The van der Waals surface area contributed by atoms with Gasteiger partial charge in [0.15, 0.2) is 0 Å². The molecule has 0 aromatic heterocycles. The van der Waals surface area contributed by atoms with E-state index in [-0.39, 0.29) is 6.54 Å². The Hall–Kier alpha value is -2.70. The number of carboxylic acids is 1. The normalized spacial score (nSPS) is 15.0. The monoisotopic (exact) mass is 289 g/mol. The highest BCUT2D eigenvalue weighted by Gasteiger charge is 2.44. The summed E-state index contributed by atoms with van der Waals surface area (Å²) in [7, 11) is 0. The van der Waals surface area contributed by atoms with Gasteiger partial charge in [-0.15, -0.1) is 0 Å². The number of carbonyl (C=O) groups is 4. The molecule has 0 radical (unpaired) electrons. The summed E-state index contributed by atoms with van der Waals surface area (Å²) in [6.07, 6.45) is 0.861. The maximum atomic E-state index is 11.9. The molecule has 0 unspecified atom stereocenters. The van der Waals surface area contributed by atoms with Gasteiger partial charge in [-0.05, 0) is 17.5 Å². The number of rotatable bonds is 5. The number of urea groups is 1. The predicted octanol–water partition coefficient (Wildman–Crippen LogP) is -0.710. The Labute approximate surface area is 120 Å². The summed E-state index contributed by atoms with van der Waals surface area (Å²) in [5.74, 6) is -3.77. The number of hydrogen-bond donors (Lipinski definition) is 0.